The summed E-state index contributed by atoms with van der Waals surface area (Å²) in [6.45, 7) is 0. The Kier molecular flexibility index (Phi) is 2.85. The van der Waals surface area contributed by atoms with E-state index in [2.05, 4.69) is 60.7 Å². The second-order valence-corrected chi connectivity index (χ2v) is 4.90. The molecule has 81 valence electrons. The van der Waals surface area contributed by atoms with Crippen molar-refractivity contribution in [2.24, 2.45) is 0 Å². The number of hydrogen-bond acceptors (Lipinski definition) is 1. The van der Waals surface area contributed by atoms with Gasteiger partial charge >= 0.3 is 0 Å². The summed E-state index contributed by atoms with van der Waals surface area (Å²) in [7, 11) is 0. The molecule has 3 rings (SSSR count). The van der Waals surface area contributed by atoms with Crippen LogP contribution in [0.1, 0.15) is 11.1 Å². The molecule has 2 aromatic rings. The molecule has 1 aliphatic rings. The van der Waals surface area contributed by atoms with Crippen LogP contribution in [-0.4, -0.2) is 0 Å². The molecule has 0 aliphatic carbocycles. The van der Waals surface area contributed by atoms with E-state index >= 15 is 0 Å². The maximum Gasteiger partial charge on any atom is 0.0195 e. The Balaban J connectivity index is 2.02. The third-order valence-corrected chi connectivity index (χ3v) is 3.85. The van der Waals surface area contributed by atoms with Gasteiger partial charge in [0.15, 0.2) is 0 Å². The molecular weight excluding hydrogens is 224 g/mol. The van der Waals surface area contributed by atoms with Crippen LogP contribution in [0.2, 0.25) is 0 Å². The van der Waals surface area contributed by atoms with Crippen LogP contribution in [0.4, 0.5) is 0 Å². The summed E-state index contributed by atoms with van der Waals surface area (Å²) in [6, 6.07) is 19.6. The van der Waals surface area contributed by atoms with Crippen LogP contribution in [0.3, 0.4) is 0 Å². The maximum atomic E-state index is 3.05. The monoisotopic (exact) mass is 235 g/mol. The topological polar surface area (TPSA) is 0 Å². The first-order valence-corrected chi connectivity index (χ1v) is 6.37. The van der Waals surface area contributed by atoms with Crippen molar-refractivity contribution in [1.29, 1.82) is 0 Å². The zero-order chi connectivity index (χ0) is 11.5. The van der Waals surface area contributed by atoms with Crippen LogP contribution in [0, 0.1) is 6.07 Å². The van der Waals surface area contributed by atoms with Crippen molar-refractivity contribution < 1.29 is 0 Å². The molecule has 1 radical (unpaired) electrons. The lowest BCUT2D eigenvalue weighted by Gasteiger charge is -2.07. The highest BCUT2D eigenvalue weighted by atomic mass is 32.2. The summed E-state index contributed by atoms with van der Waals surface area (Å²) < 4.78 is 0. The molecule has 17 heavy (non-hydrogen) atoms. The molecule has 1 heterocycles. The molecule has 1 aliphatic heterocycles. The van der Waals surface area contributed by atoms with Crippen LogP contribution < -0.4 is 0 Å². The zero-order valence-electron chi connectivity index (χ0n) is 9.26. The first-order chi connectivity index (χ1) is 8.43. The molecule has 0 spiro atoms. The molecular formula is C16H11S. The van der Waals surface area contributed by atoms with Crippen LogP contribution in [0.5, 0.6) is 0 Å². The van der Waals surface area contributed by atoms with Crippen LogP contribution in [-0.2, 0) is 0 Å². The lowest BCUT2D eigenvalue weighted by molar-refractivity contribution is 1.43. The van der Waals surface area contributed by atoms with E-state index < -0.39 is 0 Å². The smallest absolute Gasteiger partial charge is 0.0195 e. The average Bonchev–Trinajstić information content (AvgIpc) is 2.62. The van der Waals surface area contributed by atoms with E-state index in [1.165, 1.54) is 20.9 Å². The molecule has 0 N–H and O–H groups in total. The van der Waals surface area contributed by atoms with Crippen molar-refractivity contribution in [3.8, 4) is 0 Å². The molecule has 0 atom stereocenters. The number of fused-ring (bicyclic) bond motifs is 1. The Hall–Kier alpha value is -1.73. The van der Waals surface area contributed by atoms with Crippen molar-refractivity contribution in [2.75, 3.05) is 0 Å². The van der Waals surface area contributed by atoms with Gasteiger partial charge in [0.1, 0.15) is 0 Å². The molecule has 0 fully saturated rings. The summed E-state index contributed by atoms with van der Waals surface area (Å²) >= 11 is 1.82. The van der Waals surface area contributed by atoms with Crippen LogP contribution in [0.25, 0.3) is 11.0 Å². The van der Waals surface area contributed by atoms with Gasteiger partial charge in [0.05, 0.1) is 0 Å². The van der Waals surface area contributed by atoms with E-state index in [0.717, 1.165) is 0 Å². The molecule has 1 heteroatoms. The summed E-state index contributed by atoms with van der Waals surface area (Å²) in [5.41, 5.74) is 2.53. The summed E-state index contributed by atoms with van der Waals surface area (Å²) in [5.74, 6) is 0. The highest BCUT2D eigenvalue weighted by Crippen LogP contribution is 2.38. The van der Waals surface area contributed by atoms with Gasteiger partial charge in [0, 0.05) is 9.80 Å². The number of thioether (sulfide) groups is 1. The predicted molar refractivity (Wildman–Crippen MR) is 74.6 cm³/mol. The molecule has 0 amide bonds. The average molecular weight is 235 g/mol. The molecule has 0 unspecified atom stereocenters. The van der Waals surface area contributed by atoms with Crippen molar-refractivity contribution >= 4 is 22.7 Å². The minimum atomic E-state index is 1.25. The quantitative estimate of drug-likeness (QED) is 0.693. The minimum Gasteiger partial charge on any atom is -0.0888 e. The van der Waals surface area contributed by atoms with E-state index in [0.29, 0.717) is 0 Å². The maximum absolute atomic E-state index is 3.05. The number of hydrogen-bond donors (Lipinski definition) is 0. The van der Waals surface area contributed by atoms with Gasteiger partial charge in [0.2, 0.25) is 0 Å². The van der Waals surface area contributed by atoms with Crippen LogP contribution >= 0.6 is 11.8 Å². The summed E-state index contributed by atoms with van der Waals surface area (Å²) in [6.07, 6.45) is 6.44. The van der Waals surface area contributed by atoms with E-state index in [1.807, 2.05) is 23.9 Å². The third kappa shape index (κ3) is 2.20. The zero-order valence-corrected chi connectivity index (χ0v) is 10.1. The van der Waals surface area contributed by atoms with Gasteiger partial charge in [-0.05, 0) is 29.3 Å². The minimum absolute atomic E-state index is 1.25. The second-order valence-electron chi connectivity index (χ2n) is 3.82. The lowest BCUT2D eigenvalue weighted by atomic mass is 10.2. The fourth-order valence-corrected chi connectivity index (χ4v) is 2.85. The number of rotatable bonds is 1. The highest BCUT2D eigenvalue weighted by molar-refractivity contribution is 8.08. The Bertz CT molecular complexity index is 579. The van der Waals surface area contributed by atoms with E-state index in [4.69, 9.17) is 0 Å². The van der Waals surface area contributed by atoms with E-state index in [-0.39, 0.29) is 0 Å². The molecule has 0 aromatic heterocycles. The van der Waals surface area contributed by atoms with Crippen molar-refractivity contribution in [2.45, 2.75) is 4.90 Å². The first-order valence-electron chi connectivity index (χ1n) is 5.55. The normalized spacial score (nSPS) is 13.8. The second kappa shape index (κ2) is 4.64. The standard InChI is InChI=1S/C16H11S/c1-2-7-13(8-3-1)16-12-6-10-14-9-4-5-11-15(14)17-16/h2-12H. The van der Waals surface area contributed by atoms with Gasteiger partial charge < -0.3 is 0 Å². The van der Waals surface area contributed by atoms with Gasteiger partial charge in [0.25, 0.3) is 0 Å². The number of benzene rings is 2. The van der Waals surface area contributed by atoms with Gasteiger partial charge in [-0.3, -0.25) is 0 Å². The fraction of sp³-hybridized carbons (Fsp3) is 0. The Labute approximate surface area is 106 Å². The molecule has 0 bridgehead atoms. The molecule has 0 saturated heterocycles. The lowest BCUT2D eigenvalue weighted by Crippen LogP contribution is -1.80. The predicted octanol–water partition coefficient (Wildman–Crippen LogP) is 4.65. The highest BCUT2D eigenvalue weighted by Gasteiger charge is 2.08. The molecule has 2 aromatic carbocycles. The van der Waals surface area contributed by atoms with Gasteiger partial charge in [-0.2, -0.15) is 0 Å². The van der Waals surface area contributed by atoms with Gasteiger partial charge in [-0.1, -0.05) is 66.4 Å². The Morgan fingerprint density at radius 1 is 0.941 bits per heavy atom. The SMILES string of the molecule is [c]1ccc(C2=CC=Cc3ccccc3S2)cc1. The Morgan fingerprint density at radius 2 is 1.76 bits per heavy atom. The summed E-state index contributed by atoms with van der Waals surface area (Å²) in [4.78, 5) is 2.58. The van der Waals surface area contributed by atoms with Gasteiger partial charge in [-0.25, -0.2) is 0 Å². The van der Waals surface area contributed by atoms with Crippen molar-refractivity contribution in [1.82, 2.24) is 0 Å². The first kappa shape index (κ1) is 10.4. The number of allylic oxidation sites excluding steroid dienone is 2. The summed E-state index contributed by atoms with van der Waals surface area (Å²) in [5, 5.41) is 0. The third-order valence-electron chi connectivity index (χ3n) is 2.67. The van der Waals surface area contributed by atoms with Crippen molar-refractivity contribution in [3.63, 3.8) is 0 Å². The molecule has 0 saturated carbocycles. The fourth-order valence-electron chi connectivity index (χ4n) is 1.81. The van der Waals surface area contributed by atoms with Crippen LogP contribution in [0.15, 0.2) is 65.6 Å². The van der Waals surface area contributed by atoms with Crippen molar-refractivity contribution in [3.05, 3.63) is 77.9 Å². The Morgan fingerprint density at radius 3 is 2.65 bits per heavy atom. The van der Waals surface area contributed by atoms with Gasteiger partial charge in [-0.15, -0.1) is 0 Å². The van der Waals surface area contributed by atoms with E-state index in [1.54, 1.807) is 0 Å². The largest absolute Gasteiger partial charge is 0.0888 e. The molecule has 0 nitrogen and oxygen atoms in total. The van der Waals surface area contributed by atoms with E-state index in [9.17, 15) is 0 Å².